The first-order valence-electron chi connectivity index (χ1n) is 6.15. The summed E-state index contributed by atoms with van der Waals surface area (Å²) in [7, 11) is 2.04. The van der Waals surface area contributed by atoms with Gasteiger partial charge in [0.15, 0.2) is 5.65 Å². The van der Waals surface area contributed by atoms with E-state index >= 15 is 0 Å². The Balaban J connectivity index is 1.97. The highest BCUT2D eigenvalue weighted by atomic mass is 15.3. The lowest BCUT2D eigenvalue weighted by Crippen LogP contribution is -2.20. The van der Waals surface area contributed by atoms with Gasteiger partial charge in [-0.15, -0.1) is 0 Å². The molecule has 3 aromatic heterocycles. The number of aromatic nitrogens is 4. The molecule has 5 nitrogen and oxygen atoms in total. The monoisotopic (exact) mass is 253 g/mol. The number of rotatable bonds is 3. The smallest absolute Gasteiger partial charge is 0.157 e. The Bertz CT molecular complexity index is 689. The highest BCUT2D eigenvalue weighted by Gasteiger charge is 2.09. The lowest BCUT2D eigenvalue weighted by Gasteiger charge is -2.20. The second kappa shape index (κ2) is 4.68. The number of nitrogens with zero attached hydrogens (tertiary/aromatic N) is 5. The van der Waals surface area contributed by atoms with Crippen molar-refractivity contribution < 1.29 is 0 Å². The van der Waals surface area contributed by atoms with Crippen molar-refractivity contribution in [2.75, 3.05) is 11.9 Å². The number of hydrogen-bond acceptors (Lipinski definition) is 4. The summed E-state index contributed by atoms with van der Waals surface area (Å²) in [6, 6.07) is 7.97. The molecule has 0 unspecified atom stereocenters. The molecule has 0 spiro atoms. The molecule has 0 saturated heterocycles. The largest absolute Gasteiger partial charge is 0.355 e. The molecule has 5 heteroatoms. The van der Waals surface area contributed by atoms with Crippen LogP contribution in [0.4, 0.5) is 5.82 Å². The Morgan fingerprint density at radius 3 is 2.95 bits per heavy atom. The molecule has 0 atom stereocenters. The number of fused-ring (bicyclic) bond motifs is 1. The van der Waals surface area contributed by atoms with Gasteiger partial charge in [-0.2, -0.15) is 9.61 Å². The van der Waals surface area contributed by atoms with Crippen LogP contribution in [0.25, 0.3) is 5.65 Å². The van der Waals surface area contributed by atoms with Crippen molar-refractivity contribution in [2.24, 2.45) is 0 Å². The van der Waals surface area contributed by atoms with Crippen molar-refractivity contribution in [3.05, 3.63) is 54.1 Å². The summed E-state index contributed by atoms with van der Waals surface area (Å²) in [6.45, 7) is 2.78. The Morgan fingerprint density at radius 1 is 1.26 bits per heavy atom. The quantitative estimate of drug-likeness (QED) is 0.717. The van der Waals surface area contributed by atoms with Gasteiger partial charge in [0.2, 0.25) is 0 Å². The maximum atomic E-state index is 4.45. The third-order valence-electron chi connectivity index (χ3n) is 3.00. The minimum atomic E-state index is 0.784. The predicted octanol–water partition coefficient (Wildman–Crippen LogP) is 2.07. The highest BCUT2D eigenvalue weighted by molar-refractivity contribution is 5.50. The fourth-order valence-electron chi connectivity index (χ4n) is 2.14. The van der Waals surface area contributed by atoms with E-state index in [2.05, 4.69) is 26.0 Å². The molecule has 3 aromatic rings. The molecular formula is C14H15N5. The lowest BCUT2D eigenvalue weighted by molar-refractivity contribution is 0.825. The Hall–Kier alpha value is -2.43. The minimum absolute atomic E-state index is 0.784. The number of anilines is 1. The summed E-state index contributed by atoms with van der Waals surface area (Å²) in [4.78, 5) is 10.7. The zero-order chi connectivity index (χ0) is 13.2. The molecule has 3 rings (SSSR count). The van der Waals surface area contributed by atoms with E-state index in [0.29, 0.717) is 0 Å². The van der Waals surface area contributed by atoms with Gasteiger partial charge in [0, 0.05) is 43.8 Å². The summed E-state index contributed by atoms with van der Waals surface area (Å²) >= 11 is 0. The molecular weight excluding hydrogens is 238 g/mol. The Kier molecular flexibility index (Phi) is 2.87. The lowest BCUT2D eigenvalue weighted by atomic mass is 10.2. The van der Waals surface area contributed by atoms with Crippen LogP contribution >= 0.6 is 0 Å². The third-order valence-corrected chi connectivity index (χ3v) is 3.00. The van der Waals surface area contributed by atoms with E-state index in [0.717, 1.165) is 23.7 Å². The molecule has 0 saturated carbocycles. The van der Waals surface area contributed by atoms with Crippen LogP contribution in [0.3, 0.4) is 0 Å². The fraction of sp³-hybridized carbons (Fsp3) is 0.214. The highest BCUT2D eigenvalue weighted by Crippen LogP contribution is 2.17. The van der Waals surface area contributed by atoms with Crippen molar-refractivity contribution in [2.45, 2.75) is 13.5 Å². The minimum Gasteiger partial charge on any atom is -0.355 e. The van der Waals surface area contributed by atoms with Crippen LogP contribution in [-0.4, -0.2) is 26.6 Å². The van der Waals surface area contributed by atoms with Crippen LogP contribution < -0.4 is 4.90 Å². The summed E-state index contributed by atoms with van der Waals surface area (Å²) in [5.41, 5.74) is 3.02. The second-order valence-electron chi connectivity index (χ2n) is 4.57. The Labute approximate surface area is 111 Å². The van der Waals surface area contributed by atoms with E-state index in [1.165, 1.54) is 5.56 Å². The molecule has 0 aliphatic heterocycles. The van der Waals surface area contributed by atoms with Crippen molar-refractivity contribution >= 4 is 11.5 Å². The van der Waals surface area contributed by atoms with E-state index in [4.69, 9.17) is 0 Å². The predicted molar refractivity (Wildman–Crippen MR) is 74.1 cm³/mol. The summed E-state index contributed by atoms with van der Waals surface area (Å²) in [5, 5.41) is 4.32. The SMILES string of the molecule is Cc1cc(N(C)Cc2cccnc2)n2nccc2n1. The van der Waals surface area contributed by atoms with Crippen molar-refractivity contribution in [1.29, 1.82) is 0 Å². The van der Waals surface area contributed by atoms with Gasteiger partial charge in [-0.3, -0.25) is 4.98 Å². The average Bonchev–Trinajstić information content (AvgIpc) is 2.86. The molecule has 96 valence electrons. The van der Waals surface area contributed by atoms with Crippen LogP contribution in [0.1, 0.15) is 11.3 Å². The van der Waals surface area contributed by atoms with Crippen LogP contribution in [0.15, 0.2) is 42.9 Å². The van der Waals surface area contributed by atoms with E-state index in [1.807, 2.05) is 42.9 Å². The van der Waals surface area contributed by atoms with Crippen molar-refractivity contribution in [1.82, 2.24) is 19.6 Å². The molecule has 0 bridgehead atoms. The van der Waals surface area contributed by atoms with Gasteiger partial charge in [-0.25, -0.2) is 4.98 Å². The van der Waals surface area contributed by atoms with E-state index in [1.54, 1.807) is 12.4 Å². The van der Waals surface area contributed by atoms with Crippen LogP contribution in [-0.2, 0) is 6.54 Å². The fourth-order valence-corrected chi connectivity index (χ4v) is 2.14. The zero-order valence-electron chi connectivity index (χ0n) is 11.0. The van der Waals surface area contributed by atoms with Gasteiger partial charge in [-0.1, -0.05) is 6.07 Å². The normalized spacial score (nSPS) is 10.8. The summed E-state index contributed by atoms with van der Waals surface area (Å²) in [5.74, 6) is 1.02. The average molecular weight is 253 g/mol. The van der Waals surface area contributed by atoms with Gasteiger partial charge in [0.25, 0.3) is 0 Å². The summed E-state index contributed by atoms with van der Waals surface area (Å²) in [6.07, 6.45) is 5.43. The topological polar surface area (TPSA) is 46.3 Å². The first-order valence-corrected chi connectivity index (χ1v) is 6.15. The third kappa shape index (κ3) is 2.27. The van der Waals surface area contributed by atoms with Crippen LogP contribution in [0, 0.1) is 6.92 Å². The van der Waals surface area contributed by atoms with Gasteiger partial charge in [0.1, 0.15) is 5.82 Å². The molecule has 0 N–H and O–H groups in total. The van der Waals surface area contributed by atoms with E-state index in [-0.39, 0.29) is 0 Å². The standard InChI is InChI=1S/C14H15N5/c1-11-8-14(19-13(17-11)5-7-16-19)18(2)10-12-4-3-6-15-9-12/h3-9H,10H2,1-2H3. The molecule has 0 aromatic carbocycles. The van der Waals surface area contributed by atoms with Crippen molar-refractivity contribution in [3.8, 4) is 0 Å². The molecule has 0 aliphatic rings. The van der Waals surface area contributed by atoms with E-state index < -0.39 is 0 Å². The molecule has 0 fully saturated rings. The molecule has 0 amide bonds. The van der Waals surface area contributed by atoms with Gasteiger partial charge in [-0.05, 0) is 18.6 Å². The number of pyridine rings is 1. The molecule has 0 aliphatic carbocycles. The second-order valence-corrected chi connectivity index (χ2v) is 4.57. The molecule has 3 heterocycles. The van der Waals surface area contributed by atoms with Crippen LogP contribution in [0.2, 0.25) is 0 Å². The zero-order valence-corrected chi connectivity index (χ0v) is 11.0. The maximum Gasteiger partial charge on any atom is 0.157 e. The Morgan fingerprint density at radius 2 is 2.16 bits per heavy atom. The van der Waals surface area contributed by atoms with Gasteiger partial charge in [0.05, 0.1) is 6.20 Å². The summed E-state index contributed by atoms with van der Waals surface area (Å²) < 4.78 is 1.85. The molecule has 19 heavy (non-hydrogen) atoms. The van der Waals surface area contributed by atoms with Crippen molar-refractivity contribution in [3.63, 3.8) is 0 Å². The van der Waals surface area contributed by atoms with Crippen LogP contribution in [0.5, 0.6) is 0 Å². The molecule has 0 radical (unpaired) electrons. The number of hydrogen-bond donors (Lipinski definition) is 0. The van der Waals surface area contributed by atoms with Gasteiger partial charge >= 0.3 is 0 Å². The number of aryl methyl sites for hydroxylation is 1. The van der Waals surface area contributed by atoms with Gasteiger partial charge < -0.3 is 4.90 Å². The first kappa shape index (κ1) is 11.6. The maximum absolute atomic E-state index is 4.45. The van der Waals surface area contributed by atoms with E-state index in [9.17, 15) is 0 Å². The first-order chi connectivity index (χ1) is 9.24.